The van der Waals surface area contributed by atoms with Crippen molar-refractivity contribution in [2.75, 3.05) is 19.8 Å². The van der Waals surface area contributed by atoms with E-state index in [1.165, 1.54) is 6.07 Å². The third-order valence-electron chi connectivity index (χ3n) is 8.68. The van der Waals surface area contributed by atoms with Gasteiger partial charge in [-0.15, -0.1) is 0 Å². The van der Waals surface area contributed by atoms with Gasteiger partial charge in [0, 0.05) is 46.5 Å². The topological polar surface area (TPSA) is 286 Å². The zero-order valence-electron chi connectivity index (χ0n) is 28.7. The van der Waals surface area contributed by atoms with Gasteiger partial charge in [0.05, 0.1) is 51.1 Å². The van der Waals surface area contributed by atoms with E-state index in [4.69, 9.17) is 10.8 Å². The summed E-state index contributed by atoms with van der Waals surface area (Å²) in [5, 5.41) is 97.7. The fraction of sp³-hybridized carbons (Fsp3) is 0.158. The Bertz CT molecular complexity index is 2530. The molecule has 0 radical (unpaired) electrons. The number of nitriles is 4. The van der Waals surface area contributed by atoms with Crippen LogP contribution in [0.4, 0.5) is 13.2 Å². The number of alkyl halides is 1. The second kappa shape index (κ2) is 16.0. The molecule has 0 saturated heterocycles. The molecule has 0 heterocycles. The lowest BCUT2D eigenvalue weighted by atomic mass is 9.85. The summed E-state index contributed by atoms with van der Waals surface area (Å²) in [6, 6.07) is 15.1. The quantitative estimate of drug-likeness (QED) is 0.0872. The van der Waals surface area contributed by atoms with Gasteiger partial charge in [0.1, 0.15) is 41.9 Å². The Hall–Kier alpha value is -7.93. The molecule has 280 valence electrons. The second-order valence-electron chi connectivity index (χ2n) is 12.3. The summed E-state index contributed by atoms with van der Waals surface area (Å²) in [4.78, 5) is 27.1. The Morgan fingerprint density at radius 3 is 1.95 bits per heavy atom. The van der Waals surface area contributed by atoms with Crippen molar-refractivity contribution in [1.82, 2.24) is 21.3 Å². The molecule has 4 aromatic carbocycles. The van der Waals surface area contributed by atoms with Crippen LogP contribution in [0.5, 0.6) is 11.5 Å². The number of aliphatic hydroxyl groups is 1. The minimum absolute atomic E-state index is 0.0700. The smallest absolute Gasteiger partial charge is 0.262 e. The fourth-order valence-electron chi connectivity index (χ4n) is 5.80. The minimum Gasteiger partial charge on any atom is -0.507 e. The zero-order valence-corrected chi connectivity index (χ0v) is 28.7. The normalized spacial score (nSPS) is 12.1. The van der Waals surface area contributed by atoms with Crippen molar-refractivity contribution in [1.29, 1.82) is 31.9 Å². The molecule has 0 spiro atoms. The van der Waals surface area contributed by atoms with E-state index in [-0.39, 0.29) is 17.7 Å². The standard InChI is InChI=1S/C38H27F3N10O5/c39-10-11-48-36(46)51-35(55)31-29(20-2-1-3-26(40)24(20)15-44)19(14-43)12-23(33(31)53)22-6-5-21(25(16-45)32(22)41)28-18(13-42)4-7-27(52)30(28)34(54)50-37(47)49-17-38(56)8-9-38/h1-7,12,52-53,56H,8-11,17H2,(H3,46,48,51,55)(H3,47,49,50,54). The highest BCUT2D eigenvalue weighted by atomic mass is 19.1. The van der Waals surface area contributed by atoms with Gasteiger partial charge in [-0.05, 0) is 37.1 Å². The van der Waals surface area contributed by atoms with E-state index in [1.807, 2.05) is 11.4 Å². The fourth-order valence-corrected chi connectivity index (χ4v) is 5.80. The Morgan fingerprint density at radius 2 is 1.34 bits per heavy atom. The Labute approximate surface area is 315 Å². The molecule has 1 saturated carbocycles. The number of aromatic hydroxyl groups is 2. The highest BCUT2D eigenvalue weighted by molar-refractivity contribution is 6.13. The van der Waals surface area contributed by atoms with Gasteiger partial charge in [-0.3, -0.25) is 31.0 Å². The Morgan fingerprint density at radius 1 is 0.750 bits per heavy atom. The van der Waals surface area contributed by atoms with Crippen molar-refractivity contribution in [3.05, 3.63) is 93.5 Å². The van der Waals surface area contributed by atoms with Gasteiger partial charge in [0.25, 0.3) is 11.8 Å². The Balaban J connectivity index is 1.72. The van der Waals surface area contributed by atoms with Crippen molar-refractivity contribution in [2.45, 2.75) is 18.4 Å². The lowest BCUT2D eigenvalue weighted by molar-refractivity contribution is 0.0964. The van der Waals surface area contributed by atoms with Crippen LogP contribution < -0.4 is 21.3 Å². The molecule has 15 nitrogen and oxygen atoms in total. The van der Waals surface area contributed by atoms with Crippen LogP contribution in [0.25, 0.3) is 33.4 Å². The molecule has 4 aromatic rings. The van der Waals surface area contributed by atoms with E-state index >= 15 is 4.39 Å². The van der Waals surface area contributed by atoms with E-state index in [1.54, 1.807) is 18.2 Å². The number of halogens is 3. The molecule has 0 bridgehead atoms. The van der Waals surface area contributed by atoms with Crippen LogP contribution in [-0.2, 0) is 0 Å². The molecule has 1 fully saturated rings. The van der Waals surface area contributed by atoms with Gasteiger partial charge in [0.15, 0.2) is 11.9 Å². The number of amides is 2. The number of guanidine groups is 2. The number of carbonyl (C=O) groups excluding carboxylic acids is 2. The molecule has 0 aliphatic heterocycles. The zero-order chi connectivity index (χ0) is 40.9. The van der Waals surface area contributed by atoms with E-state index in [0.29, 0.717) is 12.8 Å². The van der Waals surface area contributed by atoms with Crippen LogP contribution in [0.15, 0.2) is 48.5 Å². The average Bonchev–Trinajstić information content (AvgIpc) is 3.92. The summed E-state index contributed by atoms with van der Waals surface area (Å²) in [6.07, 6.45) is 0.949. The van der Waals surface area contributed by atoms with E-state index in [2.05, 4.69) is 16.0 Å². The first-order valence-corrected chi connectivity index (χ1v) is 16.3. The van der Waals surface area contributed by atoms with Crippen LogP contribution >= 0.6 is 0 Å². The number of nitrogens with zero attached hydrogens (tertiary/aromatic N) is 4. The number of hydrogen-bond donors (Lipinski definition) is 9. The average molecular weight is 761 g/mol. The molecular weight excluding hydrogens is 733 g/mol. The van der Waals surface area contributed by atoms with Crippen LogP contribution in [-0.4, -0.2) is 64.4 Å². The van der Waals surface area contributed by atoms with Crippen LogP contribution in [0.2, 0.25) is 0 Å². The molecule has 1 aliphatic rings. The second-order valence-corrected chi connectivity index (χ2v) is 12.3. The van der Waals surface area contributed by atoms with E-state index in [0.717, 1.165) is 42.5 Å². The van der Waals surface area contributed by atoms with E-state index < -0.39 is 121 Å². The van der Waals surface area contributed by atoms with Crippen LogP contribution in [0, 0.1) is 67.8 Å². The molecule has 5 rings (SSSR count). The number of rotatable bonds is 9. The molecule has 0 atom stereocenters. The number of phenols is 2. The maximum Gasteiger partial charge on any atom is 0.262 e. The van der Waals surface area contributed by atoms with Crippen molar-refractivity contribution in [3.8, 4) is 69.2 Å². The van der Waals surface area contributed by atoms with Gasteiger partial charge < -0.3 is 26.0 Å². The molecular formula is C38H27F3N10O5. The maximum atomic E-state index is 16.7. The number of carbonyl (C=O) groups is 2. The van der Waals surface area contributed by atoms with Crippen LogP contribution in [0.1, 0.15) is 55.8 Å². The number of hydrogen-bond acceptors (Lipinski definition) is 11. The summed E-state index contributed by atoms with van der Waals surface area (Å²) in [5.41, 5.74) is -7.65. The van der Waals surface area contributed by atoms with Gasteiger partial charge in [-0.25, -0.2) is 13.2 Å². The summed E-state index contributed by atoms with van der Waals surface area (Å²) in [6.45, 7) is -1.41. The lowest BCUT2D eigenvalue weighted by Crippen LogP contribution is -2.43. The predicted molar refractivity (Wildman–Crippen MR) is 191 cm³/mol. The van der Waals surface area contributed by atoms with E-state index in [9.17, 15) is 54.7 Å². The SMILES string of the molecule is N#Cc1ccc(O)c(C(=O)NC(=N)NCC2(O)CC2)c1-c1ccc(-c2cc(C#N)c(-c3cccc(F)c3C#N)c(C(=O)NC(=N)NCCF)c2O)c(F)c1C#N. The first-order chi connectivity index (χ1) is 26.7. The minimum atomic E-state index is -1.41. The summed E-state index contributed by atoms with van der Waals surface area (Å²) >= 11 is 0. The van der Waals surface area contributed by atoms with Crippen molar-refractivity contribution in [3.63, 3.8) is 0 Å². The Kier molecular flexibility index (Phi) is 11.2. The summed E-state index contributed by atoms with van der Waals surface area (Å²) in [5.74, 6) is -8.04. The first-order valence-electron chi connectivity index (χ1n) is 16.3. The predicted octanol–water partition coefficient (Wildman–Crippen LogP) is 3.87. The summed E-state index contributed by atoms with van der Waals surface area (Å²) < 4.78 is 44.3. The third-order valence-corrected chi connectivity index (χ3v) is 8.68. The number of benzene rings is 4. The van der Waals surface area contributed by atoms with Crippen molar-refractivity contribution < 1.29 is 38.1 Å². The monoisotopic (exact) mass is 760 g/mol. The molecule has 1 aliphatic carbocycles. The maximum absolute atomic E-state index is 16.7. The highest BCUT2D eigenvalue weighted by Crippen LogP contribution is 2.45. The van der Waals surface area contributed by atoms with Crippen molar-refractivity contribution >= 4 is 23.7 Å². The molecule has 0 aromatic heterocycles. The van der Waals surface area contributed by atoms with Gasteiger partial charge in [-0.2, -0.15) is 21.0 Å². The molecule has 0 unspecified atom stereocenters. The van der Waals surface area contributed by atoms with Crippen molar-refractivity contribution in [2.24, 2.45) is 0 Å². The lowest BCUT2D eigenvalue weighted by Gasteiger charge is -2.20. The molecule has 18 heteroatoms. The van der Waals surface area contributed by atoms with Gasteiger partial charge in [-0.1, -0.05) is 24.3 Å². The largest absolute Gasteiger partial charge is 0.507 e. The molecule has 9 N–H and O–H groups in total. The number of nitrogens with one attached hydrogen (secondary N) is 6. The van der Waals surface area contributed by atoms with Gasteiger partial charge in [0.2, 0.25) is 0 Å². The molecule has 2 amide bonds. The van der Waals surface area contributed by atoms with Crippen LogP contribution in [0.3, 0.4) is 0 Å². The number of phenolic OH excluding ortho intramolecular Hbond substituents is 2. The summed E-state index contributed by atoms with van der Waals surface area (Å²) in [7, 11) is 0. The van der Waals surface area contributed by atoms with Gasteiger partial charge >= 0.3 is 0 Å². The third kappa shape index (κ3) is 7.59. The highest BCUT2D eigenvalue weighted by Gasteiger charge is 2.40. The first kappa shape index (κ1) is 39.3. The molecule has 56 heavy (non-hydrogen) atoms.